The van der Waals surface area contributed by atoms with Crippen molar-refractivity contribution in [3.63, 3.8) is 0 Å². The summed E-state index contributed by atoms with van der Waals surface area (Å²) < 4.78 is 4.81. The van der Waals surface area contributed by atoms with Crippen LogP contribution in [0, 0.1) is 6.92 Å². The number of cyclic esters (lactones) is 1. The Balaban J connectivity index is 2.68. The maximum absolute atomic E-state index is 11.0. The summed E-state index contributed by atoms with van der Waals surface area (Å²) in [5, 5.41) is 9.30. The molecule has 62 valence electrons. The van der Waals surface area contributed by atoms with E-state index in [-0.39, 0.29) is 18.3 Å². The van der Waals surface area contributed by atoms with Gasteiger partial charge in [-0.1, -0.05) is 0 Å². The zero-order valence-corrected chi connectivity index (χ0v) is 6.63. The quantitative estimate of drug-likeness (QED) is 0.589. The van der Waals surface area contributed by atoms with Gasteiger partial charge in [0.2, 0.25) is 0 Å². The highest BCUT2D eigenvalue weighted by Crippen LogP contribution is 2.28. The van der Waals surface area contributed by atoms with E-state index in [1.807, 2.05) is 0 Å². The Morgan fingerprint density at radius 1 is 1.50 bits per heavy atom. The molecule has 0 atom stereocenters. The van der Waals surface area contributed by atoms with Gasteiger partial charge in [-0.25, -0.2) is 4.79 Å². The molecule has 0 saturated carbocycles. The predicted molar refractivity (Wildman–Crippen MR) is 42.0 cm³/mol. The minimum Gasteiger partial charge on any atom is -0.508 e. The lowest BCUT2D eigenvalue weighted by Gasteiger charge is -2.01. The van der Waals surface area contributed by atoms with Crippen molar-refractivity contribution >= 4 is 5.97 Å². The number of benzene rings is 1. The predicted octanol–water partition coefficient (Wildman–Crippen LogP) is 1.37. The Kier molecular flexibility index (Phi) is 1.33. The van der Waals surface area contributed by atoms with E-state index >= 15 is 0 Å². The maximum Gasteiger partial charge on any atom is 0.338 e. The van der Waals surface area contributed by atoms with E-state index in [4.69, 9.17) is 4.74 Å². The van der Waals surface area contributed by atoms with Crippen LogP contribution in [-0.4, -0.2) is 11.1 Å². The molecule has 0 aromatic heterocycles. The number of phenolic OH excluding ortho intramolecular Hbond substituents is 1. The third kappa shape index (κ3) is 0.794. The normalized spacial score (nSPS) is 14.2. The molecule has 0 spiro atoms. The van der Waals surface area contributed by atoms with Gasteiger partial charge in [-0.05, 0) is 24.6 Å². The molecule has 0 radical (unpaired) electrons. The Bertz CT molecular complexity index is 355. The zero-order chi connectivity index (χ0) is 8.72. The van der Waals surface area contributed by atoms with Gasteiger partial charge in [0.25, 0.3) is 0 Å². The van der Waals surface area contributed by atoms with Crippen LogP contribution in [0.3, 0.4) is 0 Å². The van der Waals surface area contributed by atoms with Crippen molar-refractivity contribution in [2.24, 2.45) is 0 Å². The molecule has 0 saturated heterocycles. The fourth-order valence-corrected chi connectivity index (χ4v) is 1.34. The fourth-order valence-electron chi connectivity index (χ4n) is 1.34. The smallest absolute Gasteiger partial charge is 0.338 e. The molecule has 0 aliphatic carbocycles. The Morgan fingerprint density at radius 3 is 3.00 bits per heavy atom. The summed E-state index contributed by atoms with van der Waals surface area (Å²) >= 11 is 0. The molecule has 0 fully saturated rings. The number of phenols is 1. The number of ether oxygens (including phenoxy) is 1. The summed E-state index contributed by atoms with van der Waals surface area (Å²) in [4.78, 5) is 11.0. The van der Waals surface area contributed by atoms with Crippen LogP contribution in [0.25, 0.3) is 0 Å². The van der Waals surface area contributed by atoms with Crippen molar-refractivity contribution in [1.29, 1.82) is 0 Å². The van der Waals surface area contributed by atoms with Crippen LogP contribution in [0.5, 0.6) is 5.75 Å². The van der Waals surface area contributed by atoms with Gasteiger partial charge in [-0.15, -0.1) is 0 Å². The first-order chi connectivity index (χ1) is 5.70. The van der Waals surface area contributed by atoms with Crippen molar-refractivity contribution in [3.05, 3.63) is 28.8 Å². The van der Waals surface area contributed by atoms with E-state index in [0.29, 0.717) is 5.56 Å². The van der Waals surface area contributed by atoms with Crippen LogP contribution in [0.2, 0.25) is 0 Å². The van der Waals surface area contributed by atoms with E-state index in [1.165, 1.54) is 6.07 Å². The van der Waals surface area contributed by atoms with E-state index in [9.17, 15) is 9.90 Å². The molecule has 1 N–H and O–H groups in total. The van der Waals surface area contributed by atoms with Crippen LogP contribution < -0.4 is 0 Å². The number of carbonyl (C=O) groups is 1. The first kappa shape index (κ1) is 7.16. The molecule has 1 aromatic rings. The molecular weight excluding hydrogens is 156 g/mol. The minimum absolute atomic E-state index is 0.215. The third-order valence-corrected chi connectivity index (χ3v) is 2.14. The second-order valence-corrected chi connectivity index (χ2v) is 2.81. The van der Waals surface area contributed by atoms with Gasteiger partial charge in [0.05, 0.1) is 5.56 Å². The molecule has 2 rings (SSSR count). The van der Waals surface area contributed by atoms with Crippen molar-refractivity contribution in [2.45, 2.75) is 13.5 Å². The van der Waals surface area contributed by atoms with Gasteiger partial charge in [0.1, 0.15) is 12.4 Å². The summed E-state index contributed by atoms with van der Waals surface area (Å²) in [6.07, 6.45) is 0. The first-order valence-corrected chi connectivity index (χ1v) is 3.68. The molecule has 12 heavy (non-hydrogen) atoms. The molecule has 3 heteroatoms. The molecule has 0 unspecified atom stereocenters. The highest BCUT2D eigenvalue weighted by atomic mass is 16.5. The number of aromatic hydroxyl groups is 1. The standard InChI is InChI=1S/C9H8O3/c1-5-7-4-12-9(11)6(7)2-3-8(5)10/h2-3,10H,4H2,1H3. The molecular formula is C9H8O3. The lowest BCUT2D eigenvalue weighted by Crippen LogP contribution is -1.93. The van der Waals surface area contributed by atoms with Crippen LogP contribution in [0.15, 0.2) is 12.1 Å². The number of esters is 1. The van der Waals surface area contributed by atoms with E-state index in [0.717, 1.165) is 11.1 Å². The molecule has 1 aliphatic rings. The van der Waals surface area contributed by atoms with Gasteiger partial charge in [0.15, 0.2) is 0 Å². The fraction of sp³-hybridized carbons (Fsp3) is 0.222. The highest BCUT2D eigenvalue weighted by molar-refractivity contribution is 5.94. The first-order valence-electron chi connectivity index (χ1n) is 3.68. The largest absolute Gasteiger partial charge is 0.508 e. The van der Waals surface area contributed by atoms with Crippen LogP contribution in [0.1, 0.15) is 21.5 Å². The number of hydrogen-bond donors (Lipinski definition) is 1. The molecule has 3 nitrogen and oxygen atoms in total. The summed E-state index contributed by atoms with van der Waals surface area (Å²) in [6, 6.07) is 3.10. The van der Waals surface area contributed by atoms with E-state index < -0.39 is 0 Å². The topological polar surface area (TPSA) is 46.5 Å². The Labute approximate surface area is 69.6 Å². The van der Waals surface area contributed by atoms with Crippen molar-refractivity contribution < 1.29 is 14.6 Å². The highest BCUT2D eigenvalue weighted by Gasteiger charge is 2.23. The molecule has 1 heterocycles. The SMILES string of the molecule is Cc1c(O)ccc2c1COC2=O. The van der Waals surface area contributed by atoms with E-state index in [1.54, 1.807) is 13.0 Å². The number of rotatable bonds is 0. The van der Waals surface area contributed by atoms with Crippen LogP contribution in [0.4, 0.5) is 0 Å². The Morgan fingerprint density at radius 2 is 2.25 bits per heavy atom. The second kappa shape index (κ2) is 2.24. The number of fused-ring (bicyclic) bond motifs is 1. The van der Waals surface area contributed by atoms with Gasteiger partial charge < -0.3 is 9.84 Å². The third-order valence-electron chi connectivity index (χ3n) is 2.14. The van der Waals surface area contributed by atoms with Crippen molar-refractivity contribution in [2.75, 3.05) is 0 Å². The summed E-state index contributed by atoms with van der Waals surface area (Å²) in [6.45, 7) is 2.06. The summed E-state index contributed by atoms with van der Waals surface area (Å²) in [7, 11) is 0. The van der Waals surface area contributed by atoms with E-state index in [2.05, 4.69) is 0 Å². The molecule has 1 aliphatic heterocycles. The maximum atomic E-state index is 11.0. The van der Waals surface area contributed by atoms with Gasteiger partial charge in [-0.3, -0.25) is 0 Å². The number of hydrogen-bond acceptors (Lipinski definition) is 3. The lowest BCUT2D eigenvalue weighted by atomic mass is 10.0. The summed E-state index contributed by atoms with van der Waals surface area (Å²) in [5.74, 6) is -0.0832. The molecule has 1 aromatic carbocycles. The van der Waals surface area contributed by atoms with Crippen LogP contribution >= 0.6 is 0 Å². The minimum atomic E-state index is -0.298. The average Bonchev–Trinajstić information content (AvgIpc) is 2.41. The van der Waals surface area contributed by atoms with Crippen molar-refractivity contribution in [1.82, 2.24) is 0 Å². The lowest BCUT2D eigenvalue weighted by molar-refractivity contribution is 0.0535. The van der Waals surface area contributed by atoms with Gasteiger partial charge in [-0.2, -0.15) is 0 Å². The average molecular weight is 164 g/mol. The number of carbonyl (C=O) groups excluding carboxylic acids is 1. The molecule has 0 bridgehead atoms. The second-order valence-electron chi connectivity index (χ2n) is 2.81. The monoisotopic (exact) mass is 164 g/mol. The van der Waals surface area contributed by atoms with Gasteiger partial charge in [0, 0.05) is 5.56 Å². The Hall–Kier alpha value is -1.51. The van der Waals surface area contributed by atoms with Crippen molar-refractivity contribution in [3.8, 4) is 5.75 Å². The molecule has 0 amide bonds. The van der Waals surface area contributed by atoms with Crippen LogP contribution in [-0.2, 0) is 11.3 Å². The summed E-state index contributed by atoms with van der Waals surface area (Å²) in [5.41, 5.74) is 2.11. The van der Waals surface area contributed by atoms with Gasteiger partial charge >= 0.3 is 5.97 Å². The zero-order valence-electron chi connectivity index (χ0n) is 6.63.